The molecular formula is C31H26F3IN10O3. The van der Waals surface area contributed by atoms with Crippen LogP contribution in [0.2, 0.25) is 0 Å². The third-order valence-corrected chi connectivity index (χ3v) is 7.68. The normalized spacial score (nSPS) is 11.5. The number of fused-ring (bicyclic) bond motifs is 2. The number of rotatable bonds is 7. The fraction of sp³-hybridized carbons (Fsp3) is 0.194. The quantitative estimate of drug-likeness (QED) is 0.166. The van der Waals surface area contributed by atoms with Crippen LogP contribution < -0.4 is 10.6 Å². The number of pyridine rings is 2. The molecule has 13 nitrogen and oxygen atoms in total. The highest BCUT2D eigenvalue weighted by molar-refractivity contribution is 14.1. The summed E-state index contributed by atoms with van der Waals surface area (Å²) in [6.45, 7) is 2.50. The molecule has 0 fully saturated rings. The monoisotopic (exact) mass is 770 g/mol. The van der Waals surface area contributed by atoms with Gasteiger partial charge in [-0.05, 0) is 59.0 Å². The summed E-state index contributed by atoms with van der Waals surface area (Å²) in [4.78, 5) is 20.4. The van der Waals surface area contributed by atoms with Crippen LogP contribution in [-0.4, -0.2) is 57.9 Å². The van der Waals surface area contributed by atoms with E-state index < -0.39 is 18.8 Å². The first kappa shape index (κ1) is 32.6. The van der Waals surface area contributed by atoms with Crippen molar-refractivity contribution in [2.24, 2.45) is 0 Å². The topological polar surface area (TPSA) is 154 Å². The highest BCUT2D eigenvalue weighted by Crippen LogP contribution is 2.27. The molecule has 0 bridgehead atoms. The van der Waals surface area contributed by atoms with Gasteiger partial charge in [0.2, 0.25) is 23.6 Å². The maximum atomic E-state index is 12.2. The number of hydrogen-bond donors (Lipinski definition) is 2. The van der Waals surface area contributed by atoms with E-state index in [0.29, 0.717) is 41.3 Å². The molecule has 0 aliphatic rings. The number of imidazole rings is 2. The molecule has 6 aromatic heterocycles. The summed E-state index contributed by atoms with van der Waals surface area (Å²) in [7, 11) is 0. The summed E-state index contributed by atoms with van der Waals surface area (Å²) in [5.74, 6) is 2.14. The van der Waals surface area contributed by atoms with E-state index in [2.05, 4.69) is 58.3 Å². The van der Waals surface area contributed by atoms with Gasteiger partial charge in [0.15, 0.2) is 0 Å². The van der Waals surface area contributed by atoms with Crippen LogP contribution in [-0.2, 0) is 12.8 Å². The molecule has 0 aliphatic carbocycles. The molecule has 0 unspecified atom stereocenters. The van der Waals surface area contributed by atoms with Crippen LogP contribution in [0.1, 0.15) is 25.6 Å². The molecular weight excluding hydrogens is 744 g/mol. The van der Waals surface area contributed by atoms with Gasteiger partial charge >= 0.3 is 12.2 Å². The number of aryl methyl sites for hydroxylation is 2. The van der Waals surface area contributed by atoms with Gasteiger partial charge < -0.3 is 19.5 Å². The van der Waals surface area contributed by atoms with Gasteiger partial charge in [0.25, 0.3) is 0 Å². The van der Waals surface area contributed by atoms with Crippen LogP contribution in [0.5, 0.6) is 0 Å². The highest BCUT2D eigenvalue weighted by Gasteiger charge is 2.27. The lowest BCUT2D eigenvalue weighted by Gasteiger charge is -2.10. The van der Waals surface area contributed by atoms with E-state index >= 15 is 0 Å². The van der Waals surface area contributed by atoms with Gasteiger partial charge in [0.1, 0.15) is 21.5 Å². The number of carbonyl (C=O) groups is 1. The lowest BCUT2D eigenvalue weighted by molar-refractivity contribution is -0.122. The molecule has 6 heterocycles. The largest absolute Gasteiger partial charge is 0.421 e. The smallest absolute Gasteiger partial charge is 0.405 e. The molecule has 0 saturated carbocycles. The molecule has 1 aromatic carbocycles. The maximum Gasteiger partial charge on any atom is 0.405 e. The molecule has 0 atom stereocenters. The first-order valence-electron chi connectivity index (χ1n) is 14.6. The number of carbonyl (C=O) groups excluding carboxylic acids is 1. The fourth-order valence-electron chi connectivity index (χ4n) is 4.55. The number of hydrogen-bond acceptors (Lipinski definition) is 9. The Labute approximate surface area is 283 Å². The van der Waals surface area contributed by atoms with Gasteiger partial charge in [-0.1, -0.05) is 26.0 Å². The Hall–Kier alpha value is -5.33. The highest BCUT2D eigenvalue weighted by atomic mass is 127. The number of anilines is 1. The van der Waals surface area contributed by atoms with Crippen LogP contribution in [0.4, 0.5) is 23.7 Å². The van der Waals surface area contributed by atoms with E-state index in [4.69, 9.17) is 8.83 Å². The van der Waals surface area contributed by atoms with Crippen molar-refractivity contribution in [2.75, 3.05) is 11.9 Å². The second-order valence-electron chi connectivity index (χ2n) is 10.2. The minimum absolute atomic E-state index is 0.349. The first-order valence-corrected chi connectivity index (χ1v) is 15.7. The Balaban J connectivity index is 0.000000198. The summed E-state index contributed by atoms with van der Waals surface area (Å²) in [5.41, 5.74) is 4.95. The zero-order valence-corrected chi connectivity index (χ0v) is 27.5. The first-order chi connectivity index (χ1) is 23.1. The predicted octanol–water partition coefficient (Wildman–Crippen LogP) is 6.85. The average Bonchev–Trinajstić information content (AvgIpc) is 3.90. The van der Waals surface area contributed by atoms with Gasteiger partial charge in [-0.15, -0.1) is 20.4 Å². The average molecular weight is 771 g/mol. The lowest BCUT2D eigenvalue weighted by Crippen LogP contribution is -2.36. The molecule has 17 heteroatoms. The van der Waals surface area contributed by atoms with Gasteiger partial charge in [-0.2, -0.15) is 13.2 Å². The van der Waals surface area contributed by atoms with Crippen LogP contribution in [0.15, 0.2) is 82.2 Å². The lowest BCUT2D eigenvalue weighted by atomic mass is 10.1. The number of halogens is 4. The molecule has 7 rings (SSSR count). The third kappa shape index (κ3) is 7.45. The summed E-state index contributed by atoms with van der Waals surface area (Å²) >= 11 is 2.24. The minimum Gasteiger partial charge on any atom is -0.421 e. The van der Waals surface area contributed by atoms with E-state index in [1.54, 1.807) is 35.9 Å². The number of nitrogens with one attached hydrogen (secondary N) is 2. The fourth-order valence-corrected chi connectivity index (χ4v) is 5.10. The molecule has 7 aromatic rings. The molecule has 0 radical (unpaired) electrons. The zero-order chi connectivity index (χ0) is 33.8. The molecule has 246 valence electrons. The van der Waals surface area contributed by atoms with Crippen molar-refractivity contribution >= 4 is 45.6 Å². The Morgan fingerprint density at radius 3 is 2.02 bits per heavy atom. The van der Waals surface area contributed by atoms with E-state index in [9.17, 15) is 18.0 Å². The van der Waals surface area contributed by atoms with Gasteiger partial charge in [0.05, 0.1) is 18.1 Å². The predicted molar refractivity (Wildman–Crippen MR) is 177 cm³/mol. The molecule has 48 heavy (non-hydrogen) atoms. The van der Waals surface area contributed by atoms with Gasteiger partial charge in [-0.25, -0.2) is 14.8 Å². The Morgan fingerprint density at radius 2 is 1.42 bits per heavy atom. The van der Waals surface area contributed by atoms with Crippen molar-refractivity contribution < 1.29 is 26.8 Å². The Morgan fingerprint density at radius 1 is 0.812 bits per heavy atom. The van der Waals surface area contributed by atoms with Gasteiger partial charge in [0, 0.05) is 47.6 Å². The van der Waals surface area contributed by atoms with Crippen LogP contribution >= 0.6 is 22.6 Å². The van der Waals surface area contributed by atoms with E-state index in [0.717, 1.165) is 38.2 Å². The number of nitrogens with zero attached hydrogens (tertiary/aromatic N) is 8. The summed E-state index contributed by atoms with van der Waals surface area (Å²) in [6, 6.07) is 13.3. The van der Waals surface area contributed by atoms with Crippen molar-refractivity contribution in [3.8, 4) is 34.2 Å². The number of urea groups is 1. The second kappa shape index (κ2) is 13.8. The van der Waals surface area contributed by atoms with E-state index in [1.807, 2.05) is 65.4 Å². The minimum atomic E-state index is -4.48. The molecule has 2 N–H and O–H groups in total. The molecule has 0 aliphatic heterocycles. The SMILES string of the molecule is CCc1nnc(-c2ccn3c(-c4cccc(NC(=O)NCC(F)(F)F)c4)cnc3c2)o1.CCc1nnc(-c2ccn3c(I)cnc3c2)o1. The third-order valence-electron chi connectivity index (χ3n) is 6.88. The number of amides is 2. The van der Waals surface area contributed by atoms with Crippen LogP contribution in [0, 0.1) is 3.70 Å². The van der Waals surface area contributed by atoms with Crippen molar-refractivity contribution in [1.82, 2.24) is 44.5 Å². The van der Waals surface area contributed by atoms with Crippen LogP contribution in [0.25, 0.3) is 45.5 Å². The van der Waals surface area contributed by atoms with Crippen molar-refractivity contribution in [3.05, 3.63) is 88.8 Å². The summed E-state index contributed by atoms with van der Waals surface area (Å²) in [5, 5.41) is 20.1. The zero-order valence-electron chi connectivity index (χ0n) is 25.4. The van der Waals surface area contributed by atoms with Gasteiger partial charge in [-0.3, -0.25) is 8.80 Å². The molecule has 0 spiro atoms. The number of alkyl halides is 3. The maximum absolute atomic E-state index is 12.2. The van der Waals surface area contributed by atoms with Crippen molar-refractivity contribution in [1.29, 1.82) is 0 Å². The number of benzene rings is 1. The van der Waals surface area contributed by atoms with E-state index in [-0.39, 0.29) is 0 Å². The van der Waals surface area contributed by atoms with E-state index in [1.165, 1.54) is 0 Å². The Kier molecular flexibility index (Phi) is 9.37. The Bertz CT molecular complexity index is 2200. The summed E-state index contributed by atoms with van der Waals surface area (Å²) in [6.07, 6.45) is 4.15. The van der Waals surface area contributed by atoms with Crippen LogP contribution in [0.3, 0.4) is 0 Å². The van der Waals surface area contributed by atoms with Crippen molar-refractivity contribution in [3.63, 3.8) is 0 Å². The summed E-state index contributed by atoms with van der Waals surface area (Å²) < 4.78 is 52.7. The van der Waals surface area contributed by atoms with Crippen molar-refractivity contribution in [2.45, 2.75) is 32.9 Å². The molecule has 2 amide bonds. The standard InChI is InChI=1S/C20H17F3N6O2.C11H9IN4O/c1-2-17-27-28-18(31-17)13-6-7-29-15(10-24-16(29)9-13)12-4-3-5-14(8-12)26-19(30)25-11-20(21,22)23;1-2-10-14-15-11(17-10)7-3-4-16-8(12)6-13-9(16)5-7/h3-10H,2,11H2,1H3,(H2,25,26,30);3-6H,2H2,1H3. The molecule has 0 saturated heterocycles. The second-order valence-corrected chi connectivity index (χ2v) is 11.3. The number of aromatic nitrogens is 8.